The predicted octanol–water partition coefficient (Wildman–Crippen LogP) is 2.89. The molecule has 0 aromatic heterocycles. The van der Waals surface area contributed by atoms with E-state index in [2.05, 4.69) is 0 Å². The largest absolute Gasteiger partial charge is 0.480 e. The van der Waals surface area contributed by atoms with Gasteiger partial charge in [0.05, 0.1) is 6.04 Å². The van der Waals surface area contributed by atoms with E-state index in [1.165, 1.54) is 17.4 Å². The second-order valence-corrected chi connectivity index (χ2v) is 7.37. The van der Waals surface area contributed by atoms with Crippen LogP contribution in [-0.2, 0) is 20.8 Å². The van der Waals surface area contributed by atoms with Gasteiger partial charge >= 0.3 is 5.97 Å². The monoisotopic (exact) mass is 349 g/mol. The molecule has 2 rings (SSSR count). The molecule has 0 radical (unpaired) electrons. The van der Waals surface area contributed by atoms with Gasteiger partial charge in [-0.3, -0.25) is 14.4 Å². The summed E-state index contributed by atoms with van der Waals surface area (Å²) in [7, 11) is 0. The fraction of sp³-hybridized carbons (Fsp3) is 0.500. The zero-order chi connectivity index (χ0) is 17.7. The average molecular weight is 349 g/mol. The number of aliphatic carboxylic acids is 1. The Hall–Kier alpha value is -1.82. The van der Waals surface area contributed by atoms with E-state index in [9.17, 15) is 19.5 Å². The second kappa shape index (κ2) is 8.33. The molecule has 1 aromatic carbocycles. The fourth-order valence-electron chi connectivity index (χ4n) is 3.14. The van der Waals surface area contributed by atoms with Crippen LogP contribution in [0.3, 0.4) is 0 Å². The number of carbonyl (C=O) groups excluding carboxylic acids is 2. The maximum absolute atomic E-state index is 12.8. The van der Waals surface area contributed by atoms with Crippen LogP contribution in [0, 0.1) is 5.92 Å². The SMILES string of the molecule is CC(=O)SCC(C)C(=O)N(CC(=O)O)C1CCCc2ccccc21. The van der Waals surface area contributed by atoms with E-state index >= 15 is 0 Å². The number of amides is 1. The molecule has 24 heavy (non-hydrogen) atoms. The first-order valence-corrected chi connectivity index (χ1v) is 9.12. The molecule has 0 heterocycles. The Labute approximate surface area is 146 Å². The third-order valence-corrected chi connectivity index (χ3v) is 5.33. The molecule has 5 nitrogen and oxygen atoms in total. The van der Waals surface area contributed by atoms with Crippen molar-refractivity contribution in [1.29, 1.82) is 0 Å². The number of fused-ring (bicyclic) bond motifs is 1. The molecular weight excluding hydrogens is 326 g/mol. The molecular formula is C18H23NO4S. The lowest BCUT2D eigenvalue weighted by Crippen LogP contribution is -2.43. The van der Waals surface area contributed by atoms with E-state index in [4.69, 9.17) is 0 Å². The fourth-order valence-corrected chi connectivity index (χ4v) is 3.76. The van der Waals surface area contributed by atoms with E-state index in [0.717, 1.165) is 36.6 Å². The van der Waals surface area contributed by atoms with Crippen LogP contribution in [0.5, 0.6) is 0 Å². The van der Waals surface area contributed by atoms with E-state index < -0.39 is 11.9 Å². The van der Waals surface area contributed by atoms with Gasteiger partial charge in [0.1, 0.15) is 6.54 Å². The minimum Gasteiger partial charge on any atom is -0.480 e. The zero-order valence-corrected chi connectivity index (χ0v) is 14.8. The lowest BCUT2D eigenvalue weighted by molar-refractivity contribution is -0.148. The van der Waals surface area contributed by atoms with E-state index in [1.54, 1.807) is 6.92 Å². The minimum atomic E-state index is -1.02. The van der Waals surface area contributed by atoms with Crippen molar-refractivity contribution in [3.05, 3.63) is 35.4 Å². The quantitative estimate of drug-likeness (QED) is 0.855. The molecule has 1 aliphatic rings. The summed E-state index contributed by atoms with van der Waals surface area (Å²) in [6.07, 6.45) is 2.65. The molecule has 0 spiro atoms. The number of benzene rings is 1. The van der Waals surface area contributed by atoms with Gasteiger partial charge in [-0.1, -0.05) is 43.0 Å². The first kappa shape index (κ1) is 18.5. The maximum atomic E-state index is 12.8. The highest BCUT2D eigenvalue weighted by atomic mass is 32.2. The molecule has 130 valence electrons. The number of carboxylic acid groups (broad SMARTS) is 1. The third-order valence-electron chi connectivity index (χ3n) is 4.26. The molecule has 2 unspecified atom stereocenters. The van der Waals surface area contributed by atoms with Crippen molar-refractivity contribution in [2.45, 2.75) is 39.2 Å². The van der Waals surface area contributed by atoms with Crippen LogP contribution in [-0.4, -0.2) is 39.3 Å². The van der Waals surface area contributed by atoms with Gasteiger partial charge in [-0.15, -0.1) is 0 Å². The van der Waals surface area contributed by atoms with Crippen LogP contribution >= 0.6 is 11.8 Å². The van der Waals surface area contributed by atoms with Gasteiger partial charge in [-0.2, -0.15) is 0 Å². The van der Waals surface area contributed by atoms with Crippen LogP contribution in [0.15, 0.2) is 24.3 Å². The summed E-state index contributed by atoms with van der Waals surface area (Å²) in [5.41, 5.74) is 2.23. The number of hydrogen-bond donors (Lipinski definition) is 1. The number of carbonyl (C=O) groups is 3. The van der Waals surface area contributed by atoms with Gasteiger partial charge in [0.2, 0.25) is 5.91 Å². The number of carboxylic acids is 1. The number of nitrogens with zero attached hydrogens (tertiary/aromatic N) is 1. The number of thioether (sulfide) groups is 1. The van der Waals surface area contributed by atoms with Crippen LogP contribution < -0.4 is 0 Å². The lowest BCUT2D eigenvalue weighted by Gasteiger charge is -2.36. The molecule has 0 aliphatic heterocycles. The van der Waals surface area contributed by atoms with Crippen molar-refractivity contribution in [3.63, 3.8) is 0 Å². The Kier molecular flexibility index (Phi) is 6.43. The van der Waals surface area contributed by atoms with E-state index in [1.807, 2.05) is 24.3 Å². The van der Waals surface area contributed by atoms with Gasteiger partial charge in [0.25, 0.3) is 0 Å². The topological polar surface area (TPSA) is 74.7 Å². The highest BCUT2D eigenvalue weighted by Gasteiger charge is 2.32. The Bertz CT molecular complexity index is 631. The van der Waals surface area contributed by atoms with Gasteiger partial charge in [-0.25, -0.2) is 0 Å². The highest BCUT2D eigenvalue weighted by Crippen LogP contribution is 2.35. The van der Waals surface area contributed by atoms with Gasteiger partial charge in [0, 0.05) is 18.6 Å². The Morgan fingerprint density at radius 1 is 1.33 bits per heavy atom. The van der Waals surface area contributed by atoms with Crippen LogP contribution in [0.4, 0.5) is 0 Å². The molecule has 0 saturated heterocycles. The summed E-state index contributed by atoms with van der Waals surface area (Å²) in [5.74, 6) is -1.24. The van der Waals surface area contributed by atoms with Crippen molar-refractivity contribution in [3.8, 4) is 0 Å². The predicted molar refractivity (Wildman–Crippen MR) is 93.8 cm³/mol. The molecule has 2 atom stereocenters. The molecule has 1 N–H and O–H groups in total. The summed E-state index contributed by atoms with van der Waals surface area (Å²) in [6, 6.07) is 7.71. The third kappa shape index (κ3) is 4.60. The van der Waals surface area contributed by atoms with Crippen LogP contribution in [0.1, 0.15) is 43.9 Å². The van der Waals surface area contributed by atoms with Crippen molar-refractivity contribution < 1.29 is 19.5 Å². The standard InChI is InChI=1S/C18H23NO4S/c1-12(11-24-13(2)20)18(23)19(10-17(21)22)16-9-5-7-14-6-3-4-8-15(14)16/h3-4,6,8,12,16H,5,7,9-11H2,1-2H3,(H,21,22). The van der Waals surface area contributed by atoms with Crippen molar-refractivity contribution >= 4 is 28.8 Å². The van der Waals surface area contributed by atoms with E-state index in [0.29, 0.717) is 5.75 Å². The molecule has 1 amide bonds. The Balaban J connectivity index is 2.24. The highest BCUT2D eigenvalue weighted by molar-refractivity contribution is 8.13. The molecule has 1 aromatic rings. The Morgan fingerprint density at radius 2 is 2.04 bits per heavy atom. The van der Waals surface area contributed by atoms with E-state index in [-0.39, 0.29) is 23.6 Å². The maximum Gasteiger partial charge on any atom is 0.323 e. The van der Waals surface area contributed by atoms with Crippen LogP contribution in [0.25, 0.3) is 0 Å². The summed E-state index contributed by atoms with van der Waals surface area (Å²) in [5, 5.41) is 9.22. The number of hydrogen-bond acceptors (Lipinski definition) is 4. The van der Waals surface area contributed by atoms with Crippen LogP contribution in [0.2, 0.25) is 0 Å². The molecule has 0 fully saturated rings. The average Bonchev–Trinajstić information content (AvgIpc) is 2.56. The number of aryl methyl sites for hydroxylation is 1. The summed E-state index contributed by atoms with van der Waals surface area (Å²) in [6.45, 7) is 2.91. The van der Waals surface area contributed by atoms with Crippen molar-refractivity contribution in [2.75, 3.05) is 12.3 Å². The van der Waals surface area contributed by atoms with Gasteiger partial charge in [0.15, 0.2) is 5.12 Å². The summed E-state index contributed by atoms with van der Waals surface area (Å²) in [4.78, 5) is 36.7. The number of rotatable bonds is 6. The molecule has 0 saturated carbocycles. The normalized spacial score (nSPS) is 17.7. The summed E-state index contributed by atoms with van der Waals surface area (Å²) >= 11 is 1.10. The van der Waals surface area contributed by atoms with Crippen molar-refractivity contribution in [2.24, 2.45) is 5.92 Å². The lowest BCUT2D eigenvalue weighted by atomic mass is 9.86. The zero-order valence-electron chi connectivity index (χ0n) is 14.0. The molecule has 0 bridgehead atoms. The van der Waals surface area contributed by atoms with Crippen molar-refractivity contribution in [1.82, 2.24) is 4.90 Å². The first-order chi connectivity index (χ1) is 11.4. The Morgan fingerprint density at radius 3 is 2.71 bits per heavy atom. The van der Waals surface area contributed by atoms with Gasteiger partial charge in [-0.05, 0) is 30.4 Å². The second-order valence-electron chi connectivity index (χ2n) is 6.17. The molecule has 6 heteroatoms. The first-order valence-electron chi connectivity index (χ1n) is 8.13. The minimum absolute atomic E-state index is 0.0394. The molecule has 1 aliphatic carbocycles. The smallest absolute Gasteiger partial charge is 0.323 e. The van der Waals surface area contributed by atoms with Gasteiger partial charge < -0.3 is 10.0 Å². The summed E-state index contributed by atoms with van der Waals surface area (Å²) < 4.78 is 0.